The molecule has 2 heteroatoms. The molecule has 0 aromatic heterocycles. The van der Waals surface area contributed by atoms with E-state index >= 15 is 0 Å². The van der Waals surface area contributed by atoms with Crippen LogP contribution in [0.15, 0.2) is 0 Å². The van der Waals surface area contributed by atoms with Crippen molar-refractivity contribution in [2.75, 3.05) is 13.1 Å². The molecule has 0 amide bonds. The van der Waals surface area contributed by atoms with Gasteiger partial charge in [0.2, 0.25) is 0 Å². The van der Waals surface area contributed by atoms with Crippen LogP contribution in [0.3, 0.4) is 0 Å². The Morgan fingerprint density at radius 2 is 2.00 bits per heavy atom. The van der Waals surface area contributed by atoms with Crippen molar-refractivity contribution < 1.29 is 0 Å². The predicted molar refractivity (Wildman–Crippen MR) is 50.5 cm³/mol. The molecule has 0 atom stereocenters. The zero-order valence-electron chi connectivity index (χ0n) is 7.68. The molecule has 0 bridgehead atoms. The van der Waals surface area contributed by atoms with E-state index in [1.54, 1.807) is 0 Å². The molecule has 2 nitrogen and oxygen atoms in total. The number of hydrogen-bond donors (Lipinski definition) is 1. The first-order valence-electron chi connectivity index (χ1n) is 5.18. The summed E-state index contributed by atoms with van der Waals surface area (Å²) in [4.78, 5) is 2.29. The summed E-state index contributed by atoms with van der Waals surface area (Å²) in [5.41, 5.74) is 0. The third kappa shape index (κ3) is 1.62. The summed E-state index contributed by atoms with van der Waals surface area (Å²) in [6.45, 7) is 2.33. The summed E-state index contributed by atoms with van der Waals surface area (Å²) in [5.74, 6) is 1.80. The smallest absolute Gasteiger partial charge is 0.0958 e. The van der Waals surface area contributed by atoms with Gasteiger partial charge in [-0.05, 0) is 25.2 Å². The number of rotatable bonds is 2. The lowest BCUT2D eigenvalue weighted by molar-refractivity contribution is 0.360. The lowest BCUT2D eigenvalue weighted by Gasteiger charge is -2.21. The van der Waals surface area contributed by atoms with Crippen LogP contribution in [0.25, 0.3) is 0 Å². The molecule has 1 saturated heterocycles. The standard InChI is InChI=1S/C10H18N2/c11-10-6-3-7-12(10)8-9-4-1-2-5-9/h9,11H,1-8H2. The van der Waals surface area contributed by atoms with Crippen LogP contribution in [-0.4, -0.2) is 23.8 Å². The molecule has 1 saturated carbocycles. The molecule has 1 aliphatic carbocycles. The summed E-state index contributed by atoms with van der Waals surface area (Å²) in [7, 11) is 0. The van der Waals surface area contributed by atoms with E-state index in [1.165, 1.54) is 38.6 Å². The van der Waals surface area contributed by atoms with Crippen molar-refractivity contribution in [2.24, 2.45) is 5.92 Å². The van der Waals surface area contributed by atoms with Gasteiger partial charge in [0, 0.05) is 19.5 Å². The molecule has 2 fully saturated rings. The maximum absolute atomic E-state index is 7.70. The van der Waals surface area contributed by atoms with Crippen LogP contribution in [0.1, 0.15) is 38.5 Å². The molecular formula is C10H18N2. The van der Waals surface area contributed by atoms with E-state index in [4.69, 9.17) is 5.41 Å². The van der Waals surface area contributed by atoms with Crippen molar-refractivity contribution in [1.29, 1.82) is 5.41 Å². The average Bonchev–Trinajstić information content (AvgIpc) is 2.65. The lowest BCUT2D eigenvalue weighted by atomic mass is 10.1. The van der Waals surface area contributed by atoms with Gasteiger partial charge in [-0.1, -0.05) is 12.8 Å². The highest BCUT2D eigenvalue weighted by Gasteiger charge is 2.22. The van der Waals surface area contributed by atoms with Crippen molar-refractivity contribution in [3.05, 3.63) is 0 Å². The van der Waals surface area contributed by atoms with Crippen LogP contribution in [0.5, 0.6) is 0 Å². The Morgan fingerprint density at radius 1 is 1.25 bits per heavy atom. The van der Waals surface area contributed by atoms with Crippen LogP contribution >= 0.6 is 0 Å². The Labute approximate surface area is 74.5 Å². The van der Waals surface area contributed by atoms with Gasteiger partial charge >= 0.3 is 0 Å². The van der Waals surface area contributed by atoms with Crippen molar-refractivity contribution in [3.63, 3.8) is 0 Å². The van der Waals surface area contributed by atoms with Gasteiger partial charge in [-0.25, -0.2) is 0 Å². The van der Waals surface area contributed by atoms with Gasteiger partial charge in [0.1, 0.15) is 0 Å². The second kappa shape index (κ2) is 3.46. The quantitative estimate of drug-likeness (QED) is 0.669. The first-order valence-corrected chi connectivity index (χ1v) is 5.18. The zero-order chi connectivity index (χ0) is 8.39. The Morgan fingerprint density at radius 3 is 2.58 bits per heavy atom. The molecule has 68 valence electrons. The molecule has 1 heterocycles. The maximum atomic E-state index is 7.70. The Hall–Kier alpha value is -0.530. The first-order chi connectivity index (χ1) is 5.86. The van der Waals surface area contributed by atoms with E-state index in [9.17, 15) is 0 Å². The molecule has 1 aliphatic heterocycles. The van der Waals surface area contributed by atoms with E-state index in [0.717, 1.165) is 24.7 Å². The van der Waals surface area contributed by atoms with E-state index in [1.807, 2.05) is 0 Å². The van der Waals surface area contributed by atoms with Crippen LogP contribution in [0.2, 0.25) is 0 Å². The van der Waals surface area contributed by atoms with Crippen LogP contribution < -0.4 is 0 Å². The SMILES string of the molecule is N=C1CCCN1CC1CCCC1. The minimum atomic E-state index is 0.891. The zero-order valence-corrected chi connectivity index (χ0v) is 7.68. The molecule has 0 spiro atoms. The fraction of sp³-hybridized carbons (Fsp3) is 0.900. The average molecular weight is 166 g/mol. The van der Waals surface area contributed by atoms with E-state index in [0.29, 0.717) is 0 Å². The van der Waals surface area contributed by atoms with Gasteiger partial charge < -0.3 is 4.90 Å². The largest absolute Gasteiger partial charge is 0.360 e. The molecule has 0 unspecified atom stereocenters. The normalized spacial score (nSPS) is 25.7. The summed E-state index contributed by atoms with van der Waals surface area (Å²) in [6.07, 6.45) is 7.89. The monoisotopic (exact) mass is 166 g/mol. The number of nitrogens with one attached hydrogen (secondary N) is 1. The van der Waals surface area contributed by atoms with Gasteiger partial charge in [-0.3, -0.25) is 5.41 Å². The van der Waals surface area contributed by atoms with Crippen molar-refractivity contribution in [2.45, 2.75) is 38.5 Å². The molecule has 0 radical (unpaired) electrons. The third-order valence-electron chi connectivity index (χ3n) is 3.18. The fourth-order valence-electron chi connectivity index (χ4n) is 2.44. The lowest BCUT2D eigenvalue weighted by Crippen LogP contribution is -2.29. The highest BCUT2D eigenvalue weighted by molar-refractivity contribution is 5.80. The number of hydrogen-bond acceptors (Lipinski definition) is 1. The Bertz CT molecular complexity index is 171. The predicted octanol–water partition coefficient (Wildman–Crippen LogP) is 2.25. The highest BCUT2D eigenvalue weighted by atomic mass is 15.2. The van der Waals surface area contributed by atoms with Gasteiger partial charge in [0.15, 0.2) is 0 Å². The van der Waals surface area contributed by atoms with E-state index in [-0.39, 0.29) is 0 Å². The van der Waals surface area contributed by atoms with Gasteiger partial charge in [0.25, 0.3) is 0 Å². The maximum Gasteiger partial charge on any atom is 0.0958 e. The van der Waals surface area contributed by atoms with Crippen LogP contribution in [0, 0.1) is 11.3 Å². The first kappa shape index (κ1) is 8.09. The van der Waals surface area contributed by atoms with Crippen LogP contribution in [-0.2, 0) is 0 Å². The molecular weight excluding hydrogens is 148 g/mol. The van der Waals surface area contributed by atoms with Crippen molar-refractivity contribution >= 4 is 5.84 Å². The van der Waals surface area contributed by atoms with Crippen molar-refractivity contribution in [1.82, 2.24) is 4.90 Å². The fourth-order valence-corrected chi connectivity index (χ4v) is 2.44. The summed E-state index contributed by atoms with van der Waals surface area (Å²) in [6, 6.07) is 0. The van der Waals surface area contributed by atoms with E-state index in [2.05, 4.69) is 4.90 Å². The topological polar surface area (TPSA) is 27.1 Å². The van der Waals surface area contributed by atoms with Crippen LogP contribution in [0.4, 0.5) is 0 Å². The summed E-state index contributed by atoms with van der Waals surface area (Å²) >= 11 is 0. The molecule has 1 N–H and O–H groups in total. The second-order valence-electron chi connectivity index (χ2n) is 4.15. The number of nitrogens with zero attached hydrogens (tertiary/aromatic N) is 1. The molecule has 0 aromatic carbocycles. The highest BCUT2D eigenvalue weighted by Crippen LogP contribution is 2.26. The van der Waals surface area contributed by atoms with Gasteiger partial charge in [-0.2, -0.15) is 0 Å². The molecule has 2 rings (SSSR count). The minimum Gasteiger partial charge on any atom is -0.360 e. The summed E-state index contributed by atoms with van der Waals surface area (Å²) in [5, 5.41) is 7.70. The minimum absolute atomic E-state index is 0.891. The third-order valence-corrected chi connectivity index (χ3v) is 3.18. The van der Waals surface area contributed by atoms with Gasteiger partial charge in [-0.15, -0.1) is 0 Å². The molecule has 0 aromatic rings. The number of likely N-dealkylation sites (tertiary alicyclic amines) is 1. The Kier molecular flexibility index (Phi) is 2.33. The van der Waals surface area contributed by atoms with E-state index < -0.39 is 0 Å². The number of amidine groups is 1. The second-order valence-corrected chi connectivity index (χ2v) is 4.15. The summed E-state index contributed by atoms with van der Waals surface area (Å²) < 4.78 is 0. The molecule has 2 aliphatic rings. The molecule has 12 heavy (non-hydrogen) atoms. The van der Waals surface area contributed by atoms with Gasteiger partial charge in [0.05, 0.1) is 5.84 Å². The Balaban J connectivity index is 1.81. The van der Waals surface area contributed by atoms with Crippen molar-refractivity contribution in [3.8, 4) is 0 Å².